The Hall–Kier alpha value is -0.240. The van der Waals surface area contributed by atoms with Crippen LogP contribution < -0.4 is 5.73 Å². The highest BCUT2D eigenvalue weighted by atomic mass is 35.5. The van der Waals surface area contributed by atoms with Crippen molar-refractivity contribution >= 4 is 23.2 Å². The van der Waals surface area contributed by atoms with Gasteiger partial charge >= 0.3 is 0 Å². The molecule has 3 atom stereocenters. The van der Waals surface area contributed by atoms with E-state index in [-0.39, 0.29) is 0 Å². The van der Waals surface area contributed by atoms with Gasteiger partial charge in [-0.25, -0.2) is 0 Å². The zero-order valence-electron chi connectivity index (χ0n) is 8.00. The maximum absolute atomic E-state index is 6.12. The molecule has 0 saturated heterocycles. The molecule has 0 aromatic heterocycles. The Kier molecular flexibility index (Phi) is 2.74. The Morgan fingerprint density at radius 3 is 2.29 bits per heavy atom. The van der Waals surface area contributed by atoms with Crippen LogP contribution in [-0.2, 0) is 0 Å². The maximum Gasteiger partial charge on any atom is 0.0455 e. The minimum atomic E-state index is 0.298. The summed E-state index contributed by atoms with van der Waals surface area (Å²) in [5, 5.41) is 1.53. The Morgan fingerprint density at radius 2 is 1.86 bits per heavy atom. The van der Waals surface area contributed by atoms with Gasteiger partial charge in [0, 0.05) is 16.1 Å². The van der Waals surface area contributed by atoms with Gasteiger partial charge in [0.2, 0.25) is 0 Å². The van der Waals surface area contributed by atoms with Crippen molar-refractivity contribution in [2.75, 3.05) is 0 Å². The molecule has 1 nitrogen and oxygen atoms in total. The second kappa shape index (κ2) is 3.73. The van der Waals surface area contributed by atoms with Crippen molar-refractivity contribution in [2.24, 2.45) is 11.7 Å². The highest BCUT2D eigenvalue weighted by Crippen LogP contribution is 2.46. The van der Waals surface area contributed by atoms with Gasteiger partial charge in [-0.15, -0.1) is 0 Å². The number of hydrogen-bond donors (Lipinski definition) is 1. The van der Waals surface area contributed by atoms with Crippen LogP contribution in [0.3, 0.4) is 0 Å². The molecular formula is C11H13Cl2N. The summed E-state index contributed by atoms with van der Waals surface area (Å²) in [6, 6.07) is 5.95. The predicted octanol–water partition coefficient (Wildman–Crippen LogP) is 3.44. The molecule has 76 valence electrons. The topological polar surface area (TPSA) is 26.0 Å². The quantitative estimate of drug-likeness (QED) is 0.785. The fourth-order valence-corrected chi connectivity index (χ4v) is 2.75. The van der Waals surface area contributed by atoms with Gasteiger partial charge in [-0.05, 0) is 36.0 Å². The van der Waals surface area contributed by atoms with E-state index in [0.717, 1.165) is 22.0 Å². The summed E-state index contributed by atoms with van der Waals surface area (Å²) >= 11 is 12.2. The third-order valence-electron chi connectivity index (χ3n) is 3.21. The van der Waals surface area contributed by atoms with Crippen LogP contribution in [0.1, 0.15) is 24.8 Å². The summed E-state index contributed by atoms with van der Waals surface area (Å²) in [6.45, 7) is 2.15. The van der Waals surface area contributed by atoms with Crippen molar-refractivity contribution in [3.63, 3.8) is 0 Å². The highest BCUT2D eigenvalue weighted by Gasteiger charge is 2.37. The van der Waals surface area contributed by atoms with Crippen LogP contribution in [0.2, 0.25) is 10.0 Å². The van der Waals surface area contributed by atoms with Gasteiger partial charge in [-0.1, -0.05) is 36.2 Å². The number of nitrogens with two attached hydrogens (primary N) is 1. The van der Waals surface area contributed by atoms with Crippen LogP contribution in [0.15, 0.2) is 18.2 Å². The largest absolute Gasteiger partial charge is 0.327 e. The van der Waals surface area contributed by atoms with Crippen LogP contribution in [-0.4, -0.2) is 6.04 Å². The molecule has 0 bridgehead atoms. The summed E-state index contributed by atoms with van der Waals surface area (Å²) in [6.07, 6.45) is 0.991. The van der Waals surface area contributed by atoms with Crippen molar-refractivity contribution in [1.82, 2.24) is 0 Å². The molecule has 0 heterocycles. The molecule has 0 radical (unpaired) electrons. The molecule has 1 aromatic carbocycles. The third-order valence-corrected chi connectivity index (χ3v) is 3.87. The van der Waals surface area contributed by atoms with E-state index >= 15 is 0 Å². The van der Waals surface area contributed by atoms with Gasteiger partial charge in [-0.3, -0.25) is 0 Å². The molecule has 1 aliphatic rings. The lowest BCUT2D eigenvalue weighted by Crippen LogP contribution is -2.44. The Labute approximate surface area is 94.2 Å². The van der Waals surface area contributed by atoms with Crippen molar-refractivity contribution < 1.29 is 0 Å². The molecule has 1 aromatic rings. The first-order chi connectivity index (χ1) is 6.61. The molecular weight excluding hydrogens is 217 g/mol. The first-order valence-electron chi connectivity index (χ1n) is 4.80. The second-order valence-electron chi connectivity index (χ2n) is 4.00. The monoisotopic (exact) mass is 229 g/mol. The molecule has 14 heavy (non-hydrogen) atoms. The van der Waals surface area contributed by atoms with Crippen LogP contribution in [0.4, 0.5) is 0 Å². The summed E-state index contributed by atoms with van der Waals surface area (Å²) < 4.78 is 0. The Bertz CT molecular complexity index is 331. The van der Waals surface area contributed by atoms with Crippen molar-refractivity contribution in [3.8, 4) is 0 Å². The summed E-state index contributed by atoms with van der Waals surface area (Å²) in [5.74, 6) is 0.915. The van der Waals surface area contributed by atoms with Crippen LogP contribution in [0, 0.1) is 5.92 Å². The normalized spacial score (nSPS) is 31.3. The fourth-order valence-electron chi connectivity index (χ4n) is 2.07. The van der Waals surface area contributed by atoms with Crippen LogP contribution in [0.25, 0.3) is 0 Å². The zero-order chi connectivity index (χ0) is 10.3. The molecule has 1 fully saturated rings. The number of halogens is 2. The van der Waals surface area contributed by atoms with Crippen molar-refractivity contribution in [1.29, 1.82) is 0 Å². The lowest BCUT2D eigenvalue weighted by molar-refractivity contribution is 0.227. The summed E-state index contributed by atoms with van der Waals surface area (Å²) in [7, 11) is 0. The molecule has 2 rings (SSSR count). The molecule has 0 spiro atoms. The SMILES string of the molecule is CC1C(N)CC1c1c(Cl)cccc1Cl. The average Bonchev–Trinajstić information content (AvgIpc) is 2.16. The molecule has 0 aliphatic heterocycles. The predicted molar refractivity (Wildman–Crippen MR) is 61.0 cm³/mol. The van der Waals surface area contributed by atoms with Crippen LogP contribution in [0.5, 0.6) is 0 Å². The molecule has 1 aliphatic carbocycles. The highest BCUT2D eigenvalue weighted by molar-refractivity contribution is 6.36. The lowest BCUT2D eigenvalue weighted by atomic mass is 9.67. The minimum Gasteiger partial charge on any atom is -0.327 e. The van der Waals surface area contributed by atoms with Gasteiger partial charge in [0.05, 0.1) is 0 Å². The van der Waals surface area contributed by atoms with E-state index in [9.17, 15) is 0 Å². The standard InChI is InChI=1S/C11H13Cl2N/c1-6-7(5-10(6)14)11-8(12)3-2-4-9(11)13/h2-4,6-7,10H,5,14H2,1H3. The zero-order valence-corrected chi connectivity index (χ0v) is 9.52. The van der Waals surface area contributed by atoms with E-state index in [1.807, 2.05) is 18.2 Å². The number of hydrogen-bond acceptors (Lipinski definition) is 1. The van der Waals surface area contributed by atoms with E-state index < -0.39 is 0 Å². The van der Waals surface area contributed by atoms with Crippen molar-refractivity contribution in [3.05, 3.63) is 33.8 Å². The van der Waals surface area contributed by atoms with E-state index in [0.29, 0.717) is 17.9 Å². The molecule has 3 heteroatoms. The molecule has 0 amide bonds. The first kappa shape index (κ1) is 10.3. The summed E-state index contributed by atoms with van der Waals surface area (Å²) in [5.41, 5.74) is 6.94. The smallest absolute Gasteiger partial charge is 0.0455 e. The van der Waals surface area contributed by atoms with Gasteiger partial charge in [0.15, 0.2) is 0 Å². The van der Waals surface area contributed by atoms with E-state index in [1.165, 1.54) is 0 Å². The minimum absolute atomic E-state index is 0.298. The summed E-state index contributed by atoms with van der Waals surface area (Å²) in [4.78, 5) is 0. The fraction of sp³-hybridized carbons (Fsp3) is 0.455. The Balaban J connectivity index is 2.33. The number of benzene rings is 1. The second-order valence-corrected chi connectivity index (χ2v) is 4.81. The van der Waals surface area contributed by atoms with Crippen molar-refractivity contribution in [2.45, 2.75) is 25.3 Å². The van der Waals surface area contributed by atoms with Gasteiger partial charge in [-0.2, -0.15) is 0 Å². The van der Waals surface area contributed by atoms with Gasteiger partial charge < -0.3 is 5.73 Å². The average molecular weight is 230 g/mol. The van der Waals surface area contributed by atoms with Gasteiger partial charge in [0.1, 0.15) is 0 Å². The first-order valence-corrected chi connectivity index (χ1v) is 5.56. The van der Waals surface area contributed by atoms with Gasteiger partial charge in [0.25, 0.3) is 0 Å². The van der Waals surface area contributed by atoms with Crippen LogP contribution >= 0.6 is 23.2 Å². The molecule has 2 N–H and O–H groups in total. The number of rotatable bonds is 1. The molecule has 3 unspecified atom stereocenters. The van der Waals surface area contributed by atoms with E-state index in [1.54, 1.807) is 0 Å². The maximum atomic E-state index is 6.12. The lowest BCUT2D eigenvalue weighted by Gasteiger charge is -2.41. The van der Waals surface area contributed by atoms with E-state index in [2.05, 4.69) is 6.92 Å². The Morgan fingerprint density at radius 1 is 1.29 bits per heavy atom. The molecule has 1 saturated carbocycles. The van der Waals surface area contributed by atoms with E-state index in [4.69, 9.17) is 28.9 Å². The third kappa shape index (κ3) is 1.54.